The predicted octanol–water partition coefficient (Wildman–Crippen LogP) is 3.34. The summed E-state index contributed by atoms with van der Waals surface area (Å²) in [5, 5.41) is 15.9. The van der Waals surface area contributed by atoms with Gasteiger partial charge < -0.3 is 10.0 Å². The first-order valence-corrected chi connectivity index (χ1v) is 9.35. The van der Waals surface area contributed by atoms with Gasteiger partial charge in [0, 0.05) is 29.8 Å². The molecule has 0 aliphatic carbocycles. The molecule has 0 fully saturated rings. The van der Waals surface area contributed by atoms with E-state index in [4.69, 9.17) is 0 Å². The number of carboxylic acids is 1. The van der Waals surface area contributed by atoms with Crippen LogP contribution in [0.1, 0.15) is 48.8 Å². The summed E-state index contributed by atoms with van der Waals surface area (Å²) in [6.07, 6.45) is 0.955. The van der Waals surface area contributed by atoms with Gasteiger partial charge >= 0.3 is 5.97 Å². The van der Waals surface area contributed by atoms with Crippen molar-refractivity contribution in [3.8, 4) is 0 Å². The molecule has 0 bridgehead atoms. The molecule has 0 unspecified atom stereocenters. The van der Waals surface area contributed by atoms with Crippen LogP contribution in [0.5, 0.6) is 0 Å². The molecule has 0 radical (unpaired) electrons. The number of hydrogen-bond donors (Lipinski definition) is 2. The van der Waals surface area contributed by atoms with Gasteiger partial charge in [-0.3, -0.25) is 9.89 Å². The van der Waals surface area contributed by atoms with E-state index in [-0.39, 0.29) is 24.0 Å². The largest absolute Gasteiger partial charge is 0.476 e. The Morgan fingerprint density at radius 1 is 1.24 bits per heavy atom. The van der Waals surface area contributed by atoms with E-state index in [1.165, 1.54) is 6.07 Å². The zero-order chi connectivity index (χ0) is 20.5. The fraction of sp³-hybridized carbons (Fsp3) is 0.227. The average Bonchev–Trinajstić information content (AvgIpc) is 3.14. The summed E-state index contributed by atoms with van der Waals surface area (Å²) in [6, 6.07) is 12.3. The lowest BCUT2D eigenvalue weighted by molar-refractivity contribution is 0.0674. The van der Waals surface area contributed by atoms with E-state index in [0.29, 0.717) is 36.1 Å². The van der Waals surface area contributed by atoms with Crippen LogP contribution < -0.4 is 0 Å². The van der Waals surface area contributed by atoms with E-state index in [2.05, 4.69) is 10.2 Å². The summed E-state index contributed by atoms with van der Waals surface area (Å²) < 4.78 is 13.9. The minimum absolute atomic E-state index is 0.0408. The summed E-state index contributed by atoms with van der Waals surface area (Å²) in [5.74, 6) is -1.55. The summed E-state index contributed by atoms with van der Waals surface area (Å²) in [5.41, 5.74) is 3.98. The molecule has 0 atom stereocenters. The van der Waals surface area contributed by atoms with E-state index in [9.17, 15) is 19.1 Å². The van der Waals surface area contributed by atoms with Crippen molar-refractivity contribution in [1.82, 2.24) is 15.1 Å². The van der Waals surface area contributed by atoms with Gasteiger partial charge in [0.05, 0.1) is 6.54 Å². The van der Waals surface area contributed by atoms with Gasteiger partial charge in [0.15, 0.2) is 5.69 Å². The Bertz CT molecular complexity index is 1110. The van der Waals surface area contributed by atoms with Crippen molar-refractivity contribution in [2.75, 3.05) is 6.54 Å². The second-order valence-corrected chi connectivity index (χ2v) is 7.23. The van der Waals surface area contributed by atoms with E-state index in [1.807, 2.05) is 18.2 Å². The molecule has 0 spiro atoms. The van der Waals surface area contributed by atoms with Crippen LogP contribution in [-0.2, 0) is 19.4 Å². The molecule has 2 aromatic carbocycles. The number of aromatic amines is 1. The molecular weight excluding hydrogens is 373 g/mol. The average molecular weight is 393 g/mol. The normalized spacial score (nSPS) is 13.2. The third kappa shape index (κ3) is 3.63. The van der Waals surface area contributed by atoms with Crippen molar-refractivity contribution < 1.29 is 19.1 Å². The molecule has 148 valence electrons. The summed E-state index contributed by atoms with van der Waals surface area (Å²) >= 11 is 0. The second-order valence-electron chi connectivity index (χ2n) is 7.23. The van der Waals surface area contributed by atoms with Gasteiger partial charge in [0.25, 0.3) is 5.91 Å². The number of halogens is 1. The first kappa shape index (κ1) is 18.9. The van der Waals surface area contributed by atoms with Crippen LogP contribution in [0, 0.1) is 12.7 Å². The molecule has 6 nitrogen and oxygen atoms in total. The summed E-state index contributed by atoms with van der Waals surface area (Å²) in [4.78, 5) is 26.2. The van der Waals surface area contributed by atoms with Gasteiger partial charge in [0.2, 0.25) is 0 Å². The number of aromatic carboxylic acids is 1. The Labute approximate surface area is 167 Å². The number of hydrogen-bond acceptors (Lipinski definition) is 3. The molecule has 0 saturated heterocycles. The molecule has 7 heteroatoms. The minimum Gasteiger partial charge on any atom is -0.476 e. The maximum absolute atomic E-state index is 13.9. The van der Waals surface area contributed by atoms with E-state index in [1.54, 1.807) is 30.0 Å². The van der Waals surface area contributed by atoms with Crippen LogP contribution in [0.4, 0.5) is 4.39 Å². The molecule has 1 aliphatic heterocycles. The zero-order valence-electron chi connectivity index (χ0n) is 15.9. The van der Waals surface area contributed by atoms with E-state index in [0.717, 1.165) is 16.8 Å². The Balaban J connectivity index is 1.60. The summed E-state index contributed by atoms with van der Waals surface area (Å²) in [7, 11) is 0. The highest BCUT2D eigenvalue weighted by Gasteiger charge is 2.28. The van der Waals surface area contributed by atoms with Gasteiger partial charge in [-0.2, -0.15) is 5.10 Å². The molecule has 0 saturated carbocycles. The molecule has 29 heavy (non-hydrogen) atoms. The number of amides is 1. The number of aromatic nitrogens is 2. The lowest BCUT2D eigenvalue weighted by atomic mass is 9.97. The van der Waals surface area contributed by atoms with Gasteiger partial charge in [-0.1, -0.05) is 30.3 Å². The van der Waals surface area contributed by atoms with Gasteiger partial charge in [-0.15, -0.1) is 0 Å². The third-order valence-electron chi connectivity index (χ3n) is 5.30. The highest BCUT2D eigenvalue weighted by molar-refractivity contribution is 5.96. The van der Waals surface area contributed by atoms with Crippen LogP contribution in [0.15, 0.2) is 42.5 Å². The minimum atomic E-state index is -1.11. The van der Waals surface area contributed by atoms with Crippen LogP contribution in [0.3, 0.4) is 0 Å². The van der Waals surface area contributed by atoms with Crippen molar-refractivity contribution in [2.45, 2.75) is 26.3 Å². The summed E-state index contributed by atoms with van der Waals surface area (Å²) in [6.45, 7) is 2.38. The first-order chi connectivity index (χ1) is 13.9. The molecular formula is C22H20FN3O3. The third-order valence-corrected chi connectivity index (χ3v) is 5.30. The number of carboxylic acid groups (broad SMARTS) is 1. The number of carbonyl (C=O) groups excluding carboxylic acids is 1. The lowest BCUT2D eigenvalue weighted by Gasteiger charge is -2.27. The molecule has 1 aliphatic rings. The molecule has 3 aromatic rings. The number of aryl methyl sites for hydroxylation is 1. The van der Waals surface area contributed by atoms with Crippen LogP contribution in [0.2, 0.25) is 0 Å². The number of carbonyl (C=O) groups is 2. The standard InChI is InChI=1S/C22H20FN3O3/c1-13-6-7-14(11-18(13)23)10-15-4-2-3-5-16(15)21(27)26-9-8-19-17(12-26)20(22(28)29)25-24-19/h2-7,11H,8-10,12H2,1H3,(H,24,25)(H,28,29). The van der Waals surface area contributed by atoms with Gasteiger partial charge in [0.1, 0.15) is 5.82 Å². The van der Waals surface area contributed by atoms with E-state index < -0.39 is 5.97 Å². The predicted molar refractivity (Wildman–Crippen MR) is 104 cm³/mol. The Morgan fingerprint density at radius 2 is 2.03 bits per heavy atom. The Morgan fingerprint density at radius 3 is 2.79 bits per heavy atom. The van der Waals surface area contributed by atoms with Gasteiger partial charge in [-0.05, 0) is 42.2 Å². The SMILES string of the molecule is Cc1ccc(Cc2ccccc2C(=O)N2CCc3[nH]nc(C(=O)O)c3C2)cc1F. The zero-order valence-corrected chi connectivity index (χ0v) is 15.9. The van der Waals surface area contributed by atoms with Crippen molar-refractivity contribution in [2.24, 2.45) is 0 Å². The molecule has 4 rings (SSSR count). The monoisotopic (exact) mass is 393 g/mol. The number of rotatable bonds is 4. The fourth-order valence-corrected chi connectivity index (χ4v) is 3.66. The highest BCUT2D eigenvalue weighted by Crippen LogP contribution is 2.24. The maximum Gasteiger partial charge on any atom is 0.356 e. The maximum atomic E-state index is 13.9. The second kappa shape index (κ2) is 7.50. The van der Waals surface area contributed by atoms with Crippen LogP contribution >= 0.6 is 0 Å². The van der Waals surface area contributed by atoms with Crippen molar-refractivity contribution in [1.29, 1.82) is 0 Å². The van der Waals surface area contributed by atoms with Crippen molar-refractivity contribution in [3.05, 3.63) is 87.5 Å². The molecule has 2 heterocycles. The number of nitrogens with zero attached hydrogens (tertiary/aromatic N) is 2. The number of fused-ring (bicyclic) bond motifs is 1. The Kier molecular flexibility index (Phi) is 4.88. The van der Waals surface area contributed by atoms with Gasteiger partial charge in [-0.25, -0.2) is 9.18 Å². The van der Waals surface area contributed by atoms with Crippen LogP contribution in [-0.4, -0.2) is 38.6 Å². The smallest absolute Gasteiger partial charge is 0.356 e. The van der Waals surface area contributed by atoms with Crippen molar-refractivity contribution in [3.63, 3.8) is 0 Å². The van der Waals surface area contributed by atoms with Crippen LogP contribution in [0.25, 0.3) is 0 Å². The number of benzene rings is 2. The van der Waals surface area contributed by atoms with Crippen molar-refractivity contribution >= 4 is 11.9 Å². The topological polar surface area (TPSA) is 86.3 Å². The molecule has 1 amide bonds. The number of H-pyrrole nitrogens is 1. The fourth-order valence-electron chi connectivity index (χ4n) is 3.66. The first-order valence-electron chi connectivity index (χ1n) is 9.35. The quantitative estimate of drug-likeness (QED) is 0.712. The highest BCUT2D eigenvalue weighted by atomic mass is 19.1. The Hall–Kier alpha value is -3.48. The lowest BCUT2D eigenvalue weighted by Crippen LogP contribution is -2.36. The molecule has 2 N–H and O–H groups in total. The molecule has 1 aromatic heterocycles. The number of nitrogens with one attached hydrogen (secondary N) is 1. The van der Waals surface area contributed by atoms with E-state index >= 15 is 0 Å².